The number of para-hydroxylation sites is 1. The summed E-state index contributed by atoms with van der Waals surface area (Å²) in [6.07, 6.45) is 4.28. The molecule has 0 bridgehead atoms. The van der Waals surface area contributed by atoms with Crippen LogP contribution in [-0.4, -0.2) is 33.3 Å². The van der Waals surface area contributed by atoms with Crippen LogP contribution >= 0.6 is 15.9 Å². The van der Waals surface area contributed by atoms with Gasteiger partial charge in [0.15, 0.2) is 17.3 Å². The molecule has 0 amide bonds. The summed E-state index contributed by atoms with van der Waals surface area (Å²) in [5.41, 5.74) is 3.97. The number of sulfonamides is 1. The molecule has 1 aliphatic heterocycles. The van der Waals surface area contributed by atoms with E-state index < -0.39 is 21.9 Å². The summed E-state index contributed by atoms with van der Waals surface area (Å²) in [6.45, 7) is 4.05. The van der Waals surface area contributed by atoms with Gasteiger partial charge in [0.25, 0.3) is 0 Å². The first-order valence-corrected chi connectivity index (χ1v) is 15.5. The van der Waals surface area contributed by atoms with E-state index in [2.05, 4.69) is 33.6 Å². The Morgan fingerprint density at radius 3 is 2.64 bits per heavy atom. The van der Waals surface area contributed by atoms with Crippen molar-refractivity contribution < 1.29 is 22.7 Å². The number of nitrogens with one attached hydrogen (secondary N) is 1. The zero-order valence-corrected chi connectivity index (χ0v) is 24.9. The number of hydrogen-bond donors (Lipinski definition) is 1. The molecule has 2 aromatic carbocycles. The molecule has 10 heteroatoms. The lowest BCUT2D eigenvalue weighted by Crippen LogP contribution is -2.32. The lowest BCUT2D eigenvalue weighted by Gasteiger charge is -2.35. The lowest BCUT2D eigenvalue weighted by molar-refractivity contribution is -0.117. The number of halogens is 1. The smallest absolute Gasteiger partial charge is 0.229 e. The van der Waals surface area contributed by atoms with Crippen molar-refractivity contribution in [1.82, 2.24) is 0 Å². The maximum Gasteiger partial charge on any atom is 0.229 e. The van der Waals surface area contributed by atoms with Crippen molar-refractivity contribution >= 4 is 43.1 Å². The number of carbonyl (C=O) groups is 1. The molecule has 2 aliphatic rings. The van der Waals surface area contributed by atoms with Crippen LogP contribution in [0.3, 0.4) is 0 Å². The van der Waals surface area contributed by atoms with E-state index in [9.17, 15) is 18.5 Å². The molecule has 3 unspecified atom stereocenters. The van der Waals surface area contributed by atoms with Crippen LogP contribution in [0.4, 0.5) is 5.69 Å². The van der Waals surface area contributed by atoms with E-state index in [1.165, 1.54) is 7.11 Å². The number of benzene rings is 2. The van der Waals surface area contributed by atoms with Crippen LogP contribution in [0.15, 0.2) is 57.1 Å². The molecule has 4 rings (SSSR count). The molecular weight excluding hydrogens is 582 g/mol. The zero-order valence-electron chi connectivity index (χ0n) is 22.5. The highest BCUT2D eigenvalue weighted by Gasteiger charge is 2.41. The third-order valence-corrected chi connectivity index (χ3v) is 8.28. The Morgan fingerprint density at radius 1 is 1.23 bits per heavy atom. The van der Waals surface area contributed by atoms with Gasteiger partial charge in [-0.2, -0.15) is 5.26 Å². The highest BCUT2D eigenvalue weighted by Crippen LogP contribution is 2.48. The Hall–Kier alpha value is -3.16. The van der Waals surface area contributed by atoms with Gasteiger partial charge < -0.3 is 9.47 Å². The first-order chi connectivity index (χ1) is 18.6. The predicted octanol–water partition coefficient (Wildman–Crippen LogP) is 6.14. The Labute approximate surface area is 238 Å². The van der Waals surface area contributed by atoms with Crippen molar-refractivity contribution in [2.24, 2.45) is 16.8 Å². The van der Waals surface area contributed by atoms with E-state index in [0.717, 1.165) is 36.8 Å². The van der Waals surface area contributed by atoms with Gasteiger partial charge in [-0.3, -0.25) is 14.5 Å². The number of carbonyl (C=O) groups excluding carboxylic acids is 1. The van der Waals surface area contributed by atoms with E-state index in [0.29, 0.717) is 44.9 Å². The highest BCUT2D eigenvalue weighted by molar-refractivity contribution is 9.10. The van der Waals surface area contributed by atoms with Crippen molar-refractivity contribution in [1.29, 1.82) is 5.26 Å². The fourth-order valence-electron chi connectivity index (χ4n) is 5.43. The van der Waals surface area contributed by atoms with Gasteiger partial charge in [0.05, 0.1) is 35.5 Å². The number of hydrogen-bond acceptors (Lipinski definition) is 7. The monoisotopic (exact) mass is 613 g/mol. The molecular formula is C29H32BrN3O5S. The second kappa shape index (κ2) is 11.9. The number of nitriles is 1. The fourth-order valence-corrected chi connectivity index (χ4v) is 6.60. The van der Waals surface area contributed by atoms with Gasteiger partial charge in [-0.25, -0.2) is 8.42 Å². The van der Waals surface area contributed by atoms with E-state index in [-0.39, 0.29) is 18.3 Å². The number of Topliss-reactive ketones (excluding diaryl/α,β-unsaturated/α-hetero) is 1. The second-order valence-corrected chi connectivity index (χ2v) is 12.6. The van der Waals surface area contributed by atoms with Gasteiger partial charge in [-0.15, -0.1) is 0 Å². The average Bonchev–Trinajstić information content (AvgIpc) is 2.86. The number of rotatable bonds is 9. The van der Waals surface area contributed by atoms with Crippen molar-refractivity contribution in [3.05, 3.63) is 63.3 Å². The molecule has 206 valence electrons. The van der Waals surface area contributed by atoms with Gasteiger partial charge in [0, 0.05) is 34.9 Å². The number of nitrogens with zero attached hydrogens (tertiary/aromatic N) is 2. The van der Waals surface area contributed by atoms with Crippen LogP contribution in [0.25, 0.3) is 0 Å². The van der Waals surface area contributed by atoms with Crippen LogP contribution in [0, 0.1) is 23.2 Å². The van der Waals surface area contributed by atoms with Gasteiger partial charge in [0.1, 0.15) is 6.61 Å². The normalized spacial score (nSPS) is 21.1. The Kier molecular flexibility index (Phi) is 8.82. The number of methoxy groups -OCH3 is 1. The molecule has 1 N–H and O–H groups in total. The van der Waals surface area contributed by atoms with Gasteiger partial charge in [0.2, 0.25) is 10.0 Å². The van der Waals surface area contributed by atoms with Crippen LogP contribution in [0.1, 0.15) is 56.6 Å². The Balaban J connectivity index is 1.70. The minimum absolute atomic E-state index is 0.0570. The number of allylic oxidation sites excluding steroid dienone is 2. The molecule has 3 atom stereocenters. The molecule has 0 radical (unpaired) electrons. The number of anilines is 1. The standard InChI is InChI=1S/C29H32BrN3O5S/c1-5-8-18-11-24-28(25(34)12-18)27(21(15-31)17(2)32-24)20-13-22(30)29(26(14-20)37-3)38-16-19-9-6-7-10-23(19)33-39(4,35)36/h6-7,9-10,13-14,18,21,27,33H,5,8,11-12,16H2,1-4H3. The summed E-state index contributed by atoms with van der Waals surface area (Å²) in [4.78, 5) is 18.1. The fraction of sp³-hybridized carbons (Fsp3) is 0.414. The summed E-state index contributed by atoms with van der Waals surface area (Å²) in [5.74, 6) is 0.149. The van der Waals surface area contributed by atoms with Gasteiger partial charge >= 0.3 is 0 Å². The quantitative estimate of drug-likeness (QED) is 0.363. The van der Waals surface area contributed by atoms with E-state index in [1.54, 1.807) is 24.3 Å². The minimum atomic E-state index is -3.46. The zero-order chi connectivity index (χ0) is 28.3. The first kappa shape index (κ1) is 28.8. The van der Waals surface area contributed by atoms with Gasteiger partial charge in [-0.1, -0.05) is 31.5 Å². The van der Waals surface area contributed by atoms with Crippen LogP contribution < -0.4 is 14.2 Å². The molecule has 0 saturated carbocycles. The minimum Gasteiger partial charge on any atom is -0.493 e. The van der Waals surface area contributed by atoms with Crippen molar-refractivity contribution in [2.45, 2.75) is 52.1 Å². The molecule has 0 aromatic heterocycles. The third-order valence-electron chi connectivity index (χ3n) is 7.10. The van der Waals surface area contributed by atoms with Gasteiger partial charge in [-0.05, 0) is 65.4 Å². The first-order valence-electron chi connectivity index (χ1n) is 12.8. The molecule has 1 aliphatic carbocycles. The SMILES string of the molecule is CCCC1CC(=O)C2=C(C1)N=C(C)C(C#N)C2c1cc(Br)c(OCc2ccccc2NS(C)(=O)=O)c(OC)c1. The molecule has 0 spiro atoms. The molecule has 2 aromatic rings. The van der Waals surface area contributed by atoms with Crippen molar-refractivity contribution in [2.75, 3.05) is 18.1 Å². The summed E-state index contributed by atoms with van der Waals surface area (Å²) >= 11 is 3.61. The maximum absolute atomic E-state index is 13.4. The highest BCUT2D eigenvalue weighted by atomic mass is 79.9. The molecule has 1 heterocycles. The third kappa shape index (κ3) is 6.36. The van der Waals surface area contributed by atoms with Crippen LogP contribution in [-0.2, 0) is 21.4 Å². The Morgan fingerprint density at radius 2 is 1.97 bits per heavy atom. The second-order valence-electron chi connectivity index (χ2n) is 10.0. The molecule has 0 fully saturated rings. The summed E-state index contributed by atoms with van der Waals surface area (Å²) in [5, 5.41) is 10.1. The maximum atomic E-state index is 13.4. The summed E-state index contributed by atoms with van der Waals surface area (Å²) in [7, 11) is -1.94. The largest absolute Gasteiger partial charge is 0.493 e. The predicted molar refractivity (Wildman–Crippen MR) is 155 cm³/mol. The molecule has 8 nitrogen and oxygen atoms in total. The number of ketones is 1. The summed E-state index contributed by atoms with van der Waals surface area (Å²) < 4.78 is 38.5. The molecule has 39 heavy (non-hydrogen) atoms. The van der Waals surface area contributed by atoms with Crippen molar-refractivity contribution in [3.8, 4) is 17.6 Å². The van der Waals surface area contributed by atoms with Crippen LogP contribution in [0.5, 0.6) is 11.5 Å². The number of ether oxygens (including phenoxy) is 2. The Bertz CT molecular complexity index is 1490. The van der Waals surface area contributed by atoms with E-state index >= 15 is 0 Å². The van der Waals surface area contributed by atoms with Crippen LogP contribution in [0.2, 0.25) is 0 Å². The van der Waals surface area contributed by atoms with E-state index in [4.69, 9.17) is 14.5 Å². The van der Waals surface area contributed by atoms with E-state index in [1.807, 2.05) is 19.1 Å². The number of aliphatic imine (C=N–C) groups is 1. The molecule has 0 saturated heterocycles. The summed E-state index contributed by atoms with van der Waals surface area (Å²) in [6, 6.07) is 13.0. The van der Waals surface area contributed by atoms with Crippen molar-refractivity contribution in [3.63, 3.8) is 0 Å². The average molecular weight is 615 g/mol. The topological polar surface area (TPSA) is 118 Å². The lowest BCUT2D eigenvalue weighted by atomic mass is 9.70.